The number of aliphatic imine (C=N–C) groups is 1. The quantitative estimate of drug-likeness (QED) is 0.479. The van der Waals surface area contributed by atoms with Gasteiger partial charge in [0.15, 0.2) is 5.96 Å². The summed E-state index contributed by atoms with van der Waals surface area (Å²) in [6.45, 7) is 5.73. The van der Waals surface area contributed by atoms with Crippen molar-refractivity contribution >= 4 is 17.7 Å². The van der Waals surface area contributed by atoms with Crippen LogP contribution in [0, 0.1) is 5.92 Å². The lowest BCUT2D eigenvalue weighted by Gasteiger charge is -2.18. The second-order valence-corrected chi connectivity index (χ2v) is 8.14. The van der Waals surface area contributed by atoms with Crippen LogP contribution in [0.1, 0.15) is 24.5 Å². The van der Waals surface area contributed by atoms with Gasteiger partial charge >= 0.3 is 0 Å². The highest BCUT2D eigenvalue weighted by Crippen LogP contribution is 2.17. The molecule has 3 rings (SSSR count). The average molecular weight is 423 g/mol. The fourth-order valence-electron chi connectivity index (χ4n) is 3.67. The number of guanidine groups is 1. The maximum atomic E-state index is 12.4. The van der Waals surface area contributed by atoms with Gasteiger partial charge < -0.3 is 20.4 Å². The van der Waals surface area contributed by atoms with Gasteiger partial charge in [-0.05, 0) is 36.6 Å². The lowest BCUT2D eigenvalue weighted by atomic mass is 10.1. The lowest BCUT2D eigenvalue weighted by Crippen LogP contribution is -2.40. The fourth-order valence-corrected chi connectivity index (χ4v) is 3.67. The first-order valence-corrected chi connectivity index (χ1v) is 11.0. The summed E-state index contributed by atoms with van der Waals surface area (Å²) in [4.78, 5) is 25.4. The van der Waals surface area contributed by atoms with Crippen molar-refractivity contribution in [1.82, 2.24) is 20.5 Å². The van der Waals surface area contributed by atoms with Gasteiger partial charge in [0.05, 0.1) is 6.54 Å². The molecule has 2 heterocycles. The Bertz CT molecular complexity index is 867. The second-order valence-electron chi connectivity index (χ2n) is 8.14. The monoisotopic (exact) mass is 422 g/mol. The number of aromatic nitrogens is 1. The van der Waals surface area contributed by atoms with Crippen LogP contribution in [-0.2, 0) is 17.8 Å². The van der Waals surface area contributed by atoms with E-state index in [0.29, 0.717) is 18.9 Å². The molecule has 1 aliphatic heterocycles. The minimum Gasteiger partial charge on any atom is -0.363 e. The first-order chi connectivity index (χ1) is 15.0. The number of pyridine rings is 1. The van der Waals surface area contributed by atoms with Gasteiger partial charge in [-0.2, -0.15) is 0 Å². The van der Waals surface area contributed by atoms with E-state index in [-0.39, 0.29) is 5.91 Å². The van der Waals surface area contributed by atoms with Crippen LogP contribution in [-0.4, -0.2) is 62.0 Å². The summed E-state index contributed by atoms with van der Waals surface area (Å²) in [5.41, 5.74) is 2.38. The summed E-state index contributed by atoms with van der Waals surface area (Å²) in [7, 11) is 3.96. The number of hydrogen-bond donors (Lipinski definition) is 2. The summed E-state index contributed by atoms with van der Waals surface area (Å²) in [6.07, 6.45) is 3.31. The average Bonchev–Trinajstić information content (AvgIpc) is 3.14. The third-order valence-electron chi connectivity index (χ3n) is 5.40. The Balaban J connectivity index is 1.50. The molecule has 31 heavy (non-hydrogen) atoms. The van der Waals surface area contributed by atoms with E-state index in [1.807, 2.05) is 60.4 Å². The van der Waals surface area contributed by atoms with E-state index < -0.39 is 0 Å². The van der Waals surface area contributed by atoms with Crippen molar-refractivity contribution in [2.45, 2.75) is 26.3 Å². The smallest absolute Gasteiger partial charge is 0.223 e. The zero-order valence-corrected chi connectivity index (χ0v) is 18.8. The van der Waals surface area contributed by atoms with Gasteiger partial charge in [-0.15, -0.1) is 0 Å². The zero-order valence-electron chi connectivity index (χ0n) is 18.8. The third kappa shape index (κ3) is 6.98. The van der Waals surface area contributed by atoms with Crippen molar-refractivity contribution in [3.05, 3.63) is 59.8 Å². The van der Waals surface area contributed by atoms with E-state index >= 15 is 0 Å². The molecule has 1 aliphatic rings. The number of rotatable bonds is 9. The van der Waals surface area contributed by atoms with E-state index in [0.717, 1.165) is 49.9 Å². The molecule has 7 heteroatoms. The van der Waals surface area contributed by atoms with Crippen molar-refractivity contribution in [2.75, 3.05) is 45.2 Å². The molecule has 1 aromatic carbocycles. The number of amides is 1. The molecular weight excluding hydrogens is 388 g/mol. The summed E-state index contributed by atoms with van der Waals surface area (Å²) in [6, 6.07) is 14.4. The van der Waals surface area contributed by atoms with Gasteiger partial charge in [0.2, 0.25) is 5.91 Å². The molecule has 2 N–H and O–H groups in total. The highest BCUT2D eigenvalue weighted by atomic mass is 16.2. The first-order valence-electron chi connectivity index (χ1n) is 11.0. The van der Waals surface area contributed by atoms with Gasteiger partial charge in [0.1, 0.15) is 5.82 Å². The predicted molar refractivity (Wildman–Crippen MR) is 126 cm³/mol. The first kappa shape index (κ1) is 22.6. The van der Waals surface area contributed by atoms with E-state index in [1.165, 1.54) is 5.56 Å². The molecule has 0 aliphatic carbocycles. The molecule has 0 spiro atoms. The Morgan fingerprint density at radius 1 is 1.19 bits per heavy atom. The number of benzene rings is 1. The molecular formula is C24H34N6O. The maximum absolute atomic E-state index is 12.4. The number of anilines is 1. The minimum absolute atomic E-state index is 0.248. The molecule has 1 amide bonds. The number of likely N-dealkylation sites (tertiary alicyclic amines) is 1. The molecule has 1 saturated heterocycles. The highest BCUT2D eigenvalue weighted by molar-refractivity contribution is 5.81. The number of carbonyl (C=O) groups is 1. The predicted octanol–water partition coefficient (Wildman–Crippen LogP) is 2.29. The van der Waals surface area contributed by atoms with Crippen molar-refractivity contribution < 1.29 is 4.79 Å². The molecule has 2 aromatic rings. The van der Waals surface area contributed by atoms with Crippen LogP contribution >= 0.6 is 0 Å². The molecule has 0 radical (unpaired) electrons. The normalized spacial score (nSPS) is 16.5. The molecule has 166 valence electrons. The van der Waals surface area contributed by atoms with Crippen LogP contribution in [0.25, 0.3) is 0 Å². The van der Waals surface area contributed by atoms with Crippen molar-refractivity contribution in [1.29, 1.82) is 0 Å². The van der Waals surface area contributed by atoms with Gasteiger partial charge in [-0.3, -0.25) is 4.79 Å². The molecule has 0 saturated carbocycles. The van der Waals surface area contributed by atoms with Crippen LogP contribution in [0.15, 0.2) is 53.7 Å². The Morgan fingerprint density at radius 2 is 2.00 bits per heavy atom. The van der Waals surface area contributed by atoms with Crippen LogP contribution in [0.3, 0.4) is 0 Å². The van der Waals surface area contributed by atoms with E-state index in [1.54, 1.807) is 0 Å². The van der Waals surface area contributed by atoms with Crippen molar-refractivity contribution in [3.8, 4) is 0 Å². The number of nitrogens with zero attached hydrogens (tertiary/aromatic N) is 4. The van der Waals surface area contributed by atoms with Crippen molar-refractivity contribution in [3.63, 3.8) is 0 Å². The SMILES string of the molecule is CCNC(=NCc1ccnc(N(C)C)c1)NCC1CC(=O)N(CCc2ccccc2)C1. The van der Waals surface area contributed by atoms with Gasteiger partial charge in [0, 0.05) is 58.8 Å². The van der Waals surface area contributed by atoms with E-state index in [9.17, 15) is 4.79 Å². The Hall–Kier alpha value is -3.09. The van der Waals surface area contributed by atoms with E-state index in [2.05, 4.69) is 34.7 Å². The Kier molecular flexibility index (Phi) is 8.27. The zero-order chi connectivity index (χ0) is 22.1. The second kappa shape index (κ2) is 11.3. The topological polar surface area (TPSA) is 72.9 Å². The van der Waals surface area contributed by atoms with E-state index in [4.69, 9.17) is 4.99 Å². The van der Waals surface area contributed by atoms with Gasteiger partial charge in [0.25, 0.3) is 0 Å². The molecule has 1 atom stereocenters. The van der Waals surface area contributed by atoms with Crippen LogP contribution in [0.2, 0.25) is 0 Å². The minimum atomic E-state index is 0.248. The molecule has 0 bridgehead atoms. The summed E-state index contributed by atoms with van der Waals surface area (Å²) in [5.74, 6) is 2.25. The number of carbonyl (C=O) groups excluding carboxylic acids is 1. The standard InChI is InChI=1S/C24H34N6O/c1-4-25-24(27-16-20-10-12-26-22(14-20)29(2)3)28-17-21-15-23(31)30(18-21)13-11-19-8-6-5-7-9-19/h5-10,12,14,21H,4,11,13,15-18H2,1-3H3,(H2,25,27,28). The van der Waals surface area contributed by atoms with Crippen molar-refractivity contribution in [2.24, 2.45) is 10.9 Å². The van der Waals surface area contributed by atoms with Gasteiger partial charge in [-0.1, -0.05) is 30.3 Å². The fraction of sp³-hybridized carbons (Fsp3) is 0.458. The largest absolute Gasteiger partial charge is 0.363 e. The Morgan fingerprint density at radius 3 is 2.74 bits per heavy atom. The maximum Gasteiger partial charge on any atom is 0.223 e. The highest BCUT2D eigenvalue weighted by Gasteiger charge is 2.29. The molecule has 1 aromatic heterocycles. The lowest BCUT2D eigenvalue weighted by molar-refractivity contribution is -0.127. The number of hydrogen-bond acceptors (Lipinski definition) is 4. The molecule has 7 nitrogen and oxygen atoms in total. The molecule has 1 fully saturated rings. The van der Waals surface area contributed by atoms with Crippen LogP contribution < -0.4 is 15.5 Å². The summed E-state index contributed by atoms with van der Waals surface area (Å²) < 4.78 is 0. The molecule has 1 unspecified atom stereocenters. The summed E-state index contributed by atoms with van der Waals surface area (Å²) >= 11 is 0. The van der Waals surface area contributed by atoms with Gasteiger partial charge in [-0.25, -0.2) is 9.98 Å². The Labute approximate surface area is 185 Å². The number of nitrogens with one attached hydrogen (secondary N) is 2. The third-order valence-corrected chi connectivity index (χ3v) is 5.40. The van der Waals surface area contributed by atoms with Crippen LogP contribution in [0.5, 0.6) is 0 Å². The summed E-state index contributed by atoms with van der Waals surface area (Å²) in [5, 5.41) is 6.72. The van der Waals surface area contributed by atoms with Crippen LogP contribution in [0.4, 0.5) is 5.82 Å².